The van der Waals surface area contributed by atoms with E-state index in [1.54, 1.807) is 0 Å². The number of aromatic nitrogens is 1. The fourth-order valence-electron chi connectivity index (χ4n) is 7.39. The molecule has 10 aromatic rings. The Morgan fingerprint density at radius 2 is 0.963 bits per heavy atom. The number of rotatable bonds is 8. The first-order valence-corrected chi connectivity index (χ1v) is 18.0. The zero-order chi connectivity index (χ0) is 35.8. The average molecular weight is 696 g/mol. The van der Waals surface area contributed by atoms with Crippen LogP contribution in [0.1, 0.15) is 0 Å². The molecule has 0 radical (unpaired) electrons. The molecule has 10 rings (SSSR count). The quantitative estimate of drug-likeness (QED) is 0.158. The summed E-state index contributed by atoms with van der Waals surface area (Å²) in [5.41, 5.74) is 12.1. The molecule has 0 aliphatic heterocycles. The molecule has 2 heterocycles. The maximum Gasteiger partial charge on any atom is 0.227 e. The summed E-state index contributed by atoms with van der Waals surface area (Å²) in [5.74, 6) is 0.561. The van der Waals surface area contributed by atoms with Crippen molar-refractivity contribution in [1.82, 2.24) is 4.98 Å². The molecule has 256 valence electrons. The Bertz CT molecular complexity index is 2880. The fourth-order valence-corrected chi connectivity index (χ4v) is 7.39. The van der Waals surface area contributed by atoms with E-state index in [9.17, 15) is 0 Å². The molecule has 2 aromatic heterocycles. The third kappa shape index (κ3) is 5.56. The number of nitrogens with zero attached hydrogens (tertiary/aromatic N) is 3. The zero-order valence-electron chi connectivity index (χ0n) is 29.2. The predicted molar refractivity (Wildman–Crippen MR) is 222 cm³/mol. The van der Waals surface area contributed by atoms with E-state index in [1.165, 1.54) is 0 Å². The first-order chi connectivity index (χ1) is 26.8. The van der Waals surface area contributed by atoms with Gasteiger partial charge in [-0.15, -0.1) is 0 Å². The minimum Gasteiger partial charge on any atom is -0.456 e. The van der Waals surface area contributed by atoms with Crippen molar-refractivity contribution in [2.75, 3.05) is 9.80 Å². The van der Waals surface area contributed by atoms with Gasteiger partial charge in [-0.2, -0.15) is 0 Å². The Hall–Kier alpha value is -7.37. The average Bonchev–Trinajstić information content (AvgIpc) is 3.85. The molecule has 0 aliphatic rings. The lowest BCUT2D eigenvalue weighted by Gasteiger charge is -2.30. The highest BCUT2D eigenvalue weighted by Crippen LogP contribution is 2.48. The smallest absolute Gasteiger partial charge is 0.227 e. The van der Waals surface area contributed by atoms with Crippen LogP contribution < -0.4 is 9.80 Å². The molecule has 0 spiro atoms. The zero-order valence-corrected chi connectivity index (χ0v) is 29.2. The maximum atomic E-state index is 6.81. The van der Waals surface area contributed by atoms with Gasteiger partial charge < -0.3 is 18.6 Å². The van der Waals surface area contributed by atoms with Crippen molar-refractivity contribution in [1.29, 1.82) is 0 Å². The molecule has 0 atom stereocenters. The van der Waals surface area contributed by atoms with Crippen LogP contribution in [0, 0.1) is 0 Å². The van der Waals surface area contributed by atoms with Crippen molar-refractivity contribution < 1.29 is 8.83 Å². The first kappa shape index (κ1) is 31.4. The number of furan rings is 1. The molecule has 5 nitrogen and oxygen atoms in total. The summed E-state index contributed by atoms with van der Waals surface area (Å²) >= 11 is 0. The second kappa shape index (κ2) is 13.3. The second-order valence-corrected chi connectivity index (χ2v) is 13.2. The van der Waals surface area contributed by atoms with Crippen LogP contribution >= 0.6 is 0 Å². The Morgan fingerprint density at radius 1 is 0.370 bits per heavy atom. The van der Waals surface area contributed by atoms with Gasteiger partial charge in [-0.3, -0.25) is 0 Å². The molecule has 0 amide bonds. The van der Waals surface area contributed by atoms with Gasteiger partial charge in [0.1, 0.15) is 16.7 Å². The Labute approximate surface area is 312 Å². The van der Waals surface area contributed by atoms with Gasteiger partial charge in [0.05, 0.1) is 17.1 Å². The van der Waals surface area contributed by atoms with E-state index in [0.717, 1.165) is 78.3 Å². The fraction of sp³-hybridized carbons (Fsp3) is 0. The summed E-state index contributed by atoms with van der Waals surface area (Å²) < 4.78 is 13.1. The summed E-state index contributed by atoms with van der Waals surface area (Å²) in [5, 5.41) is 2.14. The van der Waals surface area contributed by atoms with Crippen LogP contribution in [-0.4, -0.2) is 4.98 Å². The third-order valence-corrected chi connectivity index (χ3v) is 9.85. The highest BCUT2D eigenvalue weighted by Gasteiger charge is 2.25. The molecule has 54 heavy (non-hydrogen) atoms. The molecule has 0 N–H and O–H groups in total. The number of benzene rings is 8. The Morgan fingerprint density at radius 3 is 1.70 bits per heavy atom. The number of fused-ring (bicyclic) bond motifs is 4. The molecule has 5 heteroatoms. The van der Waals surface area contributed by atoms with Crippen molar-refractivity contribution in [2.24, 2.45) is 0 Å². The summed E-state index contributed by atoms with van der Waals surface area (Å²) in [6, 6.07) is 69.1. The molecular formula is C49H33N3O2. The van der Waals surface area contributed by atoms with Crippen molar-refractivity contribution >= 4 is 67.2 Å². The van der Waals surface area contributed by atoms with Crippen LogP contribution in [0.3, 0.4) is 0 Å². The van der Waals surface area contributed by atoms with Gasteiger partial charge in [0.15, 0.2) is 5.58 Å². The van der Waals surface area contributed by atoms with Crippen LogP contribution in [0.15, 0.2) is 209 Å². The van der Waals surface area contributed by atoms with Gasteiger partial charge in [0.2, 0.25) is 5.89 Å². The lowest BCUT2D eigenvalue weighted by Crippen LogP contribution is -2.14. The van der Waals surface area contributed by atoms with Gasteiger partial charge in [-0.1, -0.05) is 121 Å². The summed E-state index contributed by atoms with van der Waals surface area (Å²) in [4.78, 5) is 9.75. The predicted octanol–water partition coefficient (Wildman–Crippen LogP) is 14.0. The standard InChI is InChI=1S/C49H33N3O2/c1-5-17-34(18-6-1)40-25-13-15-27-44(40)52(37-23-11-4-12-24-37)45-33-39(32-43-48(45)54-49(50-43)35-19-7-2-8-20-35)51(36-21-9-3-10-22-36)38-29-30-47-42(31-38)41-26-14-16-28-46(41)53-47/h1-33H. The number of anilines is 6. The number of oxazole rings is 1. The van der Waals surface area contributed by atoms with Gasteiger partial charge in [0.25, 0.3) is 0 Å². The van der Waals surface area contributed by atoms with Crippen molar-refractivity contribution in [3.05, 3.63) is 200 Å². The van der Waals surface area contributed by atoms with Crippen LogP contribution in [0.4, 0.5) is 34.1 Å². The molecule has 0 aliphatic carbocycles. The summed E-state index contributed by atoms with van der Waals surface area (Å²) in [7, 11) is 0. The highest BCUT2D eigenvalue weighted by molar-refractivity contribution is 6.07. The van der Waals surface area contributed by atoms with Gasteiger partial charge in [-0.25, -0.2) is 4.98 Å². The van der Waals surface area contributed by atoms with Crippen molar-refractivity contribution in [2.45, 2.75) is 0 Å². The van der Waals surface area contributed by atoms with Crippen LogP contribution in [0.25, 0.3) is 55.6 Å². The Balaban J connectivity index is 1.27. The van der Waals surface area contributed by atoms with E-state index < -0.39 is 0 Å². The molecule has 0 fully saturated rings. The lowest BCUT2D eigenvalue weighted by molar-refractivity contribution is 0.620. The minimum atomic E-state index is 0.561. The topological polar surface area (TPSA) is 45.7 Å². The number of hydrogen-bond acceptors (Lipinski definition) is 5. The van der Waals surface area contributed by atoms with E-state index in [-0.39, 0.29) is 0 Å². The van der Waals surface area contributed by atoms with Crippen molar-refractivity contribution in [3.8, 4) is 22.6 Å². The van der Waals surface area contributed by atoms with Gasteiger partial charge >= 0.3 is 0 Å². The molecule has 0 saturated heterocycles. The third-order valence-electron chi connectivity index (χ3n) is 9.85. The summed E-state index contributed by atoms with van der Waals surface area (Å²) in [6.45, 7) is 0. The van der Waals surface area contributed by atoms with E-state index in [0.29, 0.717) is 11.5 Å². The van der Waals surface area contributed by atoms with Crippen LogP contribution in [0.2, 0.25) is 0 Å². The van der Waals surface area contributed by atoms with Gasteiger partial charge in [0, 0.05) is 39.0 Å². The normalized spacial score (nSPS) is 11.3. The first-order valence-electron chi connectivity index (χ1n) is 18.0. The number of hydrogen-bond donors (Lipinski definition) is 0. The van der Waals surface area contributed by atoms with E-state index in [2.05, 4.69) is 155 Å². The number of para-hydroxylation sites is 4. The largest absolute Gasteiger partial charge is 0.456 e. The highest BCUT2D eigenvalue weighted by atomic mass is 16.3. The summed E-state index contributed by atoms with van der Waals surface area (Å²) in [6.07, 6.45) is 0. The van der Waals surface area contributed by atoms with E-state index in [4.69, 9.17) is 13.8 Å². The van der Waals surface area contributed by atoms with Crippen LogP contribution in [-0.2, 0) is 0 Å². The maximum absolute atomic E-state index is 6.81. The van der Waals surface area contributed by atoms with Gasteiger partial charge in [-0.05, 0) is 84.4 Å². The Kier molecular flexibility index (Phi) is 7.73. The van der Waals surface area contributed by atoms with Crippen molar-refractivity contribution in [3.63, 3.8) is 0 Å². The molecule has 0 bridgehead atoms. The minimum absolute atomic E-state index is 0.561. The van der Waals surface area contributed by atoms with E-state index in [1.807, 2.05) is 54.6 Å². The molecular weight excluding hydrogens is 663 g/mol. The lowest BCUT2D eigenvalue weighted by atomic mass is 10.0. The molecule has 0 saturated carbocycles. The monoisotopic (exact) mass is 695 g/mol. The molecule has 8 aromatic carbocycles. The van der Waals surface area contributed by atoms with E-state index >= 15 is 0 Å². The second-order valence-electron chi connectivity index (χ2n) is 13.2. The molecule has 0 unspecified atom stereocenters. The van der Waals surface area contributed by atoms with Crippen LogP contribution in [0.5, 0.6) is 0 Å². The SMILES string of the molecule is c1ccc(-c2nc3cc(N(c4ccccc4)c4ccc5oc6ccccc6c5c4)cc(N(c4ccccc4)c4ccccc4-c4ccccc4)c3o2)cc1.